The van der Waals surface area contributed by atoms with Crippen LogP contribution in [-0.2, 0) is 21.2 Å². The van der Waals surface area contributed by atoms with E-state index in [1.807, 2.05) is 19.9 Å². The van der Waals surface area contributed by atoms with Gasteiger partial charge >= 0.3 is 0 Å². The summed E-state index contributed by atoms with van der Waals surface area (Å²) in [5.74, 6) is 0. The molecule has 0 aliphatic heterocycles. The Hall–Kier alpha value is -0.470. The maximum absolute atomic E-state index is 12.1. The number of hydrogen-bond donors (Lipinski definition) is 2. The Kier molecular flexibility index (Phi) is 7.83. The van der Waals surface area contributed by atoms with Crippen LogP contribution in [0, 0.1) is 0 Å². The largest absolute Gasteiger partial charge is 0.377 e. The van der Waals surface area contributed by atoms with E-state index >= 15 is 0 Å². The molecule has 5 nitrogen and oxygen atoms in total. The maximum Gasteiger partial charge on any atom is 0.250 e. The SMILES string of the molecule is CC(C)NCCc1ccc(S(=O)(=O)NCCOC(C)C)s1. The summed E-state index contributed by atoms with van der Waals surface area (Å²) in [6.07, 6.45) is 0.950. The highest BCUT2D eigenvalue weighted by Crippen LogP contribution is 2.21. The van der Waals surface area contributed by atoms with E-state index in [0.29, 0.717) is 23.4 Å². The minimum absolute atomic E-state index is 0.108. The van der Waals surface area contributed by atoms with E-state index in [4.69, 9.17) is 4.74 Å². The van der Waals surface area contributed by atoms with Crippen LogP contribution in [0.25, 0.3) is 0 Å². The summed E-state index contributed by atoms with van der Waals surface area (Å²) >= 11 is 1.32. The van der Waals surface area contributed by atoms with Crippen molar-refractivity contribution in [1.82, 2.24) is 10.0 Å². The predicted octanol–water partition coefficient (Wildman–Crippen LogP) is 1.99. The molecule has 0 unspecified atom stereocenters. The van der Waals surface area contributed by atoms with Gasteiger partial charge in [-0.1, -0.05) is 13.8 Å². The molecule has 0 saturated carbocycles. The Morgan fingerprint density at radius 2 is 1.90 bits per heavy atom. The fraction of sp³-hybridized carbons (Fsp3) is 0.714. The maximum atomic E-state index is 12.1. The molecule has 1 aromatic heterocycles. The summed E-state index contributed by atoms with van der Waals surface area (Å²) in [6.45, 7) is 9.56. The van der Waals surface area contributed by atoms with E-state index in [1.54, 1.807) is 6.07 Å². The van der Waals surface area contributed by atoms with Crippen molar-refractivity contribution < 1.29 is 13.2 Å². The van der Waals surface area contributed by atoms with Crippen LogP contribution >= 0.6 is 11.3 Å². The number of rotatable bonds is 10. The Morgan fingerprint density at radius 3 is 2.52 bits per heavy atom. The molecule has 0 aliphatic carbocycles. The zero-order valence-corrected chi connectivity index (χ0v) is 14.8. The van der Waals surface area contributed by atoms with Gasteiger partial charge in [0.2, 0.25) is 10.0 Å². The second kappa shape index (κ2) is 8.85. The van der Waals surface area contributed by atoms with Gasteiger partial charge in [-0.3, -0.25) is 0 Å². The molecule has 0 saturated heterocycles. The molecule has 1 aromatic rings. The standard InChI is InChI=1S/C14H26N2O3S2/c1-11(2)15-8-7-13-5-6-14(20-13)21(17,18)16-9-10-19-12(3)4/h5-6,11-12,15-16H,7-10H2,1-4H3. The van der Waals surface area contributed by atoms with E-state index in [2.05, 4.69) is 23.9 Å². The van der Waals surface area contributed by atoms with Crippen molar-refractivity contribution in [2.45, 2.75) is 50.5 Å². The third-order valence-electron chi connectivity index (χ3n) is 2.67. The second-order valence-electron chi connectivity index (χ2n) is 5.40. The molecule has 21 heavy (non-hydrogen) atoms. The molecule has 0 amide bonds. The quantitative estimate of drug-likeness (QED) is 0.642. The lowest BCUT2D eigenvalue weighted by Crippen LogP contribution is -2.27. The van der Waals surface area contributed by atoms with Gasteiger partial charge in [0, 0.05) is 24.0 Å². The Morgan fingerprint density at radius 1 is 1.19 bits per heavy atom. The van der Waals surface area contributed by atoms with Crippen LogP contribution < -0.4 is 10.0 Å². The number of hydrogen-bond acceptors (Lipinski definition) is 5. The van der Waals surface area contributed by atoms with Crippen LogP contribution in [0.4, 0.5) is 0 Å². The summed E-state index contributed by atoms with van der Waals surface area (Å²) in [4.78, 5) is 1.07. The molecule has 0 fully saturated rings. The Balaban J connectivity index is 2.46. The second-order valence-corrected chi connectivity index (χ2v) is 8.56. The minimum atomic E-state index is -3.41. The van der Waals surface area contributed by atoms with Gasteiger partial charge in [-0.2, -0.15) is 0 Å². The average Bonchev–Trinajstić information content (AvgIpc) is 2.83. The summed E-state index contributed by atoms with van der Waals surface area (Å²) in [5.41, 5.74) is 0. The van der Waals surface area contributed by atoms with Gasteiger partial charge in [-0.05, 0) is 32.4 Å². The number of thiophene rings is 1. The van der Waals surface area contributed by atoms with Gasteiger partial charge in [0.05, 0.1) is 12.7 Å². The molecule has 0 bridgehead atoms. The lowest BCUT2D eigenvalue weighted by molar-refractivity contribution is 0.0834. The van der Waals surface area contributed by atoms with Crippen molar-refractivity contribution in [3.05, 3.63) is 17.0 Å². The molecule has 1 rings (SSSR count). The van der Waals surface area contributed by atoms with Gasteiger partial charge < -0.3 is 10.1 Å². The first-order chi connectivity index (χ1) is 9.81. The summed E-state index contributed by atoms with van der Waals surface area (Å²) in [6, 6.07) is 3.99. The fourth-order valence-corrected chi connectivity index (χ4v) is 4.08. The van der Waals surface area contributed by atoms with E-state index in [-0.39, 0.29) is 6.10 Å². The molecule has 0 aliphatic rings. The van der Waals surface area contributed by atoms with Gasteiger partial charge in [-0.15, -0.1) is 11.3 Å². The highest BCUT2D eigenvalue weighted by Gasteiger charge is 2.16. The third-order valence-corrected chi connectivity index (χ3v) is 5.77. The monoisotopic (exact) mass is 334 g/mol. The Labute approximate surface area is 132 Å². The van der Waals surface area contributed by atoms with Gasteiger partial charge in [-0.25, -0.2) is 13.1 Å². The van der Waals surface area contributed by atoms with Gasteiger partial charge in [0.15, 0.2) is 0 Å². The molecule has 0 spiro atoms. The highest BCUT2D eigenvalue weighted by atomic mass is 32.2. The van der Waals surface area contributed by atoms with Gasteiger partial charge in [0.25, 0.3) is 0 Å². The van der Waals surface area contributed by atoms with Crippen LogP contribution in [0.1, 0.15) is 32.6 Å². The van der Waals surface area contributed by atoms with Crippen molar-refractivity contribution in [2.24, 2.45) is 0 Å². The number of nitrogens with one attached hydrogen (secondary N) is 2. The molecule has 2 N–H and O–H groups in total. The van der Waals surface area contributed by atoms with Crippen LogP contribution in [0.5, 0.6) is 0 Å². The van der Waals surface area contributed by atoms with Crippen LogP contribution in [-0.4, -0.2) is 40.3 Å². The number of ether oxygens (including phenoxy) is 1. The van der Waals surface area contributed by atoms with Crippen molar-refractivity contribution in [2.75, 3.05) is 19.7 Å². The topological polar surface area (TPSA) is 67.4 Å². The van der Waals surface area contributed by atoms with Gasteiger partial charge in [0.1, 0.15) is 4.21 Å². The lowest BCUT2D eigenvalue weighted by atomic mass is 10.3. The zero-order chi connectivity index (χ0) is 15.9. The van der Waals surface area contributed by atoms with Crippen LogP contribution in [0.2, 0.25) is 0 Å². The molecular formula is C14H26N2O3S2. The predicted molar refractivity (Wildman–Crippen MR) is 87.4 cm³/mol. The minimum Gasteiger partial charge on any atom is -0.377 e. The fourth-order valence-electron chi connectivity index (χ4n) is 1.66. The van der Waals surface area contributed by atoms with Crippen molar-refractivity contribution in [3.8, 4) is 0 Å². The van der Waals surface area contributed by atoms with E-state index in [9.17, 15) is 8.42 Å². The van der Waals surface area contributed by atoms with Crippen molar-refractivity contribution in [3.63, 3.8) is 0 Å². The third kappa shape index (κ3) is 7.37. The van der Waals surface area contributed by atoms with E-state index < -0.39 is 10.0 Å². The van der Waals surface area contributed by atoms with Crippen LogP contribution in [0.3, 0.4) is 0 Å². The molecular weight excluding hydrogens is 308 g/mol. The first-order valence-electron chi connectivity index (χ1n) is 7.24. The van der Waals surface area contributed by atoms with E-state index in [1.165, 1.54) is 11.3 Å². The first-order valence-corrected chi connectivity index (χ1v) is 9.54. The smallest absolute Gasteiger partial charge is 0.250 e. The normalized spacial score (nSPS) is 12.5. The number of sulfonamides is 1. The average molecular weight is 335 g/mol. The zero-order valence-electron chi connectivity index (χ0n) is 13.2. The van der Waals surface area contributed by atoms with Crippen molar-refractivity contribution >= 4 is 21.4 Å². The highest BCUT2D eigenvalue weighted by molar-refractivity contribution is 7.91. The summed E-state index contributed by atoms with van der Waals surface area (Å²) in [5, 5.41) is 3.32. The molecule has 0 aromatic carbocycles. The van der Waals surface area contributed by atoms with Crippen molar-refractivity contribution in [1.29, 1.82) is 0 Å². The molecule has 122 valence electrons. The first kappa shape index (κ1) is 18.6. The Bertz CT molecular complexity index is 510. The lowest BCUT2D eigenvalue weighted by Gasteiger charge is -2.08. The summed E-state index contributed by atoms with van der Waals surface area (Å²) < 4.78 is 32.5. The molecule has 7 heteroatoms. The van der Waals surface area contributed by atoms with E-state index in [0.717, 1.165) is 17.8 Å². The van der Waals surface area contributed by atoms with Crippen LogP contribution in [0.15, 0.2) is 16.3 Å². The summed E-state index contributed by atoms with van der Waals surface area (Å²) in [7, 11) is -3.41. The molecule has 1 heterocycles. The molecule has 0 radical (unpaired) electrons. The molecule has 0 atom stereocenters.